The smallest absolute Gasteiger partial charge is 0.253 e. The van der Waals surface area contributed by atoms with Gasteiger partial charge in [0.15, 0.2) is 0 Å². The van der Waals surface area contributed by atoms with Crippen LogP contribution in [-0.4, -0.2) is 74.7 Å². The number of hydrogen-bond donors (Lipinski definition) is 0. The summed E-state index contributed by atoms with van der Waals surface area (Å²) in [5, 5.41) is 0. The molecule has 0 unspecified atom stereocenters. The van der Waals surface area contributed by atoms with E-state index in [2.05, 4.69) is 4.90 Å². The summed E-state index contributed by atoms with van der Waals surface area (Å²) in [6.07, 6.45) is 5.23. The molecule has 1 aliphatic carbocycles. The lowest BCUT2D eigenvalue weighted by atomic mass is 10.1. The van der Waals surface area contributed by atoms with Crippen LogP contribution in [-0.2, 0) is 10.0 Å². The van der Waals surface area contributed by atoms with Crippen molar-refractivity contribution in [2.75, 3.05) is 40.3 Å². The Kier molecular flexibility index (Phi) is 5.46. The summed E-state index contributed by atoms with van der Waals surface area (Å²) in [6, 6.07) is 6.95. The van der Waals surface area contributed by atoms with E-state index in [-0.39, 0.29) is 10.8 Å². The summed E-state index contributed by atoms with van der Waals surface area (Å²) in [5.41, 5.74) is 0.548. The van der Waals surface area contributed by atoms with E-state index in [9.17, 15) is 13.2 Å². The normalized spacial score (nSPS) is 20.4. The van der Waals surface area contributed by atoms with Crippen LogP contribution in [0.3, 0.4) is 0 Å². The van der Waals surface area contributed by atoms with Gasteiger partial charge in [-0.1, -0.05) is 12.8 Å². The Morgan fingerprint density at radius 1 is 1.00 bits per heavy atom. The van der Waals surface area contributed by atoms with Crippen LogP contribution >= 0.6 is 0 Å². The number of benzene rings is 1. The van der Waals surface area contributed by atoms with Gasteiger partial charge in [0.25, 0.3) is 5.91 Å². The summed E-state index contributed by atoms with van der Waals surface area (Å²) in [7, 11) is -0.463. The van der Waals surface area contributed by atoms with Gasteiger partial charge in [-0.15, -0.1) is 0 Å². The van der Waals surface area contributed by atoms with E-state index in [4.69, 9.17) is 0 Å². The molecule has 1 aromatic rings. The van der Waals surface area contributed by atoms with Gasteiger partial charge in [-0.3, -0.25) is 9.69 Å². The van der Waals surface area contributed by atoms with Crippen molar-refractivity contribution >= 4 is 15.9 Å². The fourth-order valence-corrected chi connectivity index (χ4v) is 4.62. The predicted molar refractivity (Wildman–Crippen MR) is 97.0 cm³/mol. The Morgan fingerprint density at radius 3 is 2.08 bits per heavy atom. The summed E-state index contributed by atoms with van der Waals surface area (Å²) < 4.78 is 25.4. The second-order valence-electron chi connectivity index (χ2n) is 7.08. The van der Waals surface area contributed by atoms with Crippen molar-refractivity contribution in [3.63, 3.8) is 0 Å². The standard InChI is InChI=1S/C18H27N3O3S/c1-19(2)25(23,24)17-9-7-15(8-10-17)18(22)21-13-11-20(12-14-21)16-5-3-4-6-16/h7-10,16H,3-6,11-14H2,1-2H3. The van der Waals surface area contributed by atoms with E-state index in [1.807, 2.05) is 4.90 Å². The Balaban J connectivity index is 1.62. The molecular formula is C18H27N3O3S. The number of sulfonamides is 1. The maximum absolute atomic E-state index is 12.7. The Morgan fingerprint density at radius 2 is 1.56 bits per heavy atom. The summed E-state index contributed by atoms with van der Waals surface area (Å²) >= 11 is 0. The van der Waals surface area contributed by atoms with Gasteiger partial charge < -0.3 is 4.90 Å². The number of amides is 1. The molecule has 1 amide bonds. The van der Waals surface area contributed by atoms with Gasteiger partial charge in [-0.25, -0.2) is 12.7 Å². The zero-order valence-corrected chi connectivity index (χ0v) is 15.8. The molecule has 1 heterocycles. The van der Waals surface area contributed by atoms with E-state index in [1.165, 1.54) is 56.2 Å². The van der Waals surface area contributed by atoms with Crippen molar-refractivity contribution in [2.24, 2.45) is 0 Å². The molecule has 0 N–H and O–H groups in total. The van der Waals surface area contributed by atoms with Crippen LogP contribution in [0.25, 0.3) is 0 Å². The minimum Gasteiger partial charge on any atom is -0.336 e. The van der Waals surface area contributed by atoms with Gasteiger partial charge in [0.1, 0.15) is 0 Å². The minimum absolute atomic E-state index is 0.0140. The van der Waals surface area contributed by atoms with Crippen molar-refractivity contribution in [2.45, 2.75) is 36.6 Å². The molecule has 2 aliphatic rings. The van der Waals surface area contributed by atoms with E-state index < -0.39 is 10.0 Å². The third-order valence-corrected chi connectivity index (χ3v) is 7.15. The maximum Gasteiger partial charge on any atom is 0.253 e. The molecule has 0 radical (unpaired) electrons. The van der Waals surface area contributed by atoms with Gasteiger partial charge in [0.05, 0.1) is 4.90 Å². The molecule has 2 fully saturated rings. The first-order valence-corrected chi connectivity index (χ1v) is 10.4. The predicted octanol–water partition coefficient (Wildman–Crippen LogP) is 1.64. The van der Waals surface area contributed by atoms with Crippen LogP contribution in [0.5, 0.6) is 0 Å². The third kappa shape index (κ3) is 3.88. The molecule has 6 nitrogen and oxygen atoms in total. The van der Waals surface area contributed by atoms with Gasteiger partial charge in [-0.05, 0) is 37.1 Å². The number of rotatable bonds is 4. The highest BCUT2D eigenvalue weighted by Gasteiger charge is 2.28. The summed E-state index contributed by atoms with van der Waals surface area (Å²) in [6.45, 7) is 3.35. The highest BCUT2D eigenvalue weighted by atomic mass is 32.2. The first kappa shape index (κ1) is 18.4. The van der Waals surface area contributed by atoms with Crippen molar-refractivity contribution in [1.82, 2.24) is 14.1 Å². The van der Waals surface area contributed by atoms with Crippen LogP contribution in [0.4, 0.5) is 0 Å². The largest absolute Gasteiger partial charge is 0.336 e. The zero-order chi connectivity index (χ0) is 18.0. The lowest BCUT2D eigenvalue weighted by Crippen LogP contribution is -2.51. The molecule has 138 valence electrons. The van der Waals surface area contributed by atoms with Crippen molar-refractivity contribution in [1.29, 1.82) is 0 Å². The summed E-state index contributed by atoms with van der Waals surface area (Å²) in [4.78, 5) is 17.3. The Hall–Kier alpha value is -1.44. The SMILES string of the molecule is CN(C)S(=O)(=O)c1ccc(C(=O)N2CCN(C3CCCC3)CC2)cc1. The first-order chi connectivity index (χ1) is 11.9. The van der Waals surface area contributed by atoms with E-state index in [1.54, 1.807) is 12.1 Å². The number of piperazine rings is 1. The minimum atomic E-state index is -3.46. The molecule has 1 saturated carbocycles. The van der Waals surface area contributed by atoms with Crippen LogP contribution in [0.15, 0.2) is 29.2 Å². The van der Waals surface area contributed by atoms with Crippen LogP contribution < -0.4 is 0 Å². The Labute approximate surface area is 150 Å². The number of nitrogens with zero attached hydrogens (tertiary/aromatic N) is 3. The highest BCUT2D eigenvalue weighted by Crippen LogP contribution is 2.24. The van der Waals surface area contributed by atoms with E-state index in [0.29, 0.717) is 11.6 Å². The number of carbonyl (C=O) groups excluding carboxylic acids is 1. The molecule has 1 saturated heterocycles. The molecule has 1 aromatic carbocycles. The lowest BCUT2D eigenvalue weighted by Gasteiger charge is -2.38. The first-order valence-electron chi connectivity index (χ1n) is 8.95. The molecule has 3 rings (SSSR count). The topological polar surface area (TPSA) is 60.9 Å². The monoisotopic (exact) mass is 365 g/mol. The van der Waals surface area contributed by atoms with Gasteiger partial charge in [0.2, 0.25) is 10.0 Å². The highest BCUT2D eigenvalue weighted by molar-refractivity contribution is 7.89. The van der Waals surface area contributed by atoms with Crippen LogP contribution in [0.1, 0.15) is 36.0 Å². The van der Waals surface area contributed by atoms with Gasteiger partial charge in [-0.2, -0.15) is 0 Å². The van der Waals surface area contributed by atoms with Gasteiger partial charge in [0, 0.05) is 51.9 Å². The fourth-order valence-electron chi connectivity index (χ4n) is 3.72. The molecular weight excluding hydrogens is 338 g/mol. The second kappa shape index (κ2) is 7.43. The quantitative estimate of drug-likeness (QED) is 0.814. The summed E-state index contributed by atoms with van der Waals surface area (Å²) in [5.74, 6) is -0.0140. The van der Waals surface area contributed by atoms with Crippen LogP contribution in [0.2, 0.25) is 0 Å². The second-order valence-corrected chi connectivity index (χ2v) is 9.23. The van der Waals surface area contributed by atoms with Crippen molar-refractivity contribution in [3.8, 4) is 0 Å². The fraction of sp³-hybridized carbons (Fsp3) is 0.611. The third-order valence-electron chi connectivity index (χ3n) is 5.32. The number of hydrogen-bond acceptors (Lipinski definition) is 4. The zero-order valence-electron chi connectivity index (χ0n) is 15.0. The van der Waals surface area contributed by atoms with Crippen LogP contribution in [0, 0.1) is 0 Å². The molecule has 0 bridgehead atoms. The molecule has 0 spiro atoms. The van der Waals surface area contributed by atoms with Crippen molar-refractivity contribution in [3.05, 3.63) is 29.8 Å². The number of carbonyl (C=O) groups is 1. The molecule has 0 atom stereocenters. The van der Waals surface area contributed by atoms with Crippen molar-refractivity contribution < 1.29 is 13.2 Å². The van der Waals surface area contributed by atoms with E-state index >= 15 is 0 Å². The van der Waals surface area contributed by atoms with E-state index in [0.717, 1.165) is 26.2 Å². The molecule has 7 heteroatoms. The molecule has 1 aliphatic heterocycles. The average molecular weight is 365 g/mol. The molecule has 0 aromatic heterocycles. The lowest BCUT2D eigenvalue weighted by molar-refractivity contribution is 0.0573. The molecule has 25 heavy (non-hydrogen) atoms. The van der Waals surface area contributed by atoms with Gasteiger partial charge >= 0.3 is 0 Å². The average Bonchev–Trinajstić information content (AvgIpc) is 3.16. The Bertz CT molecular complexity index is 702. The maximum atomic E-state index is 12.7.